The highest BCUT2D eigenvalue weighted by Crippen LogP contribution is 2.25. The minimum absolute atomic E-state index is 0.175. The molecule has 0 fully saturated rings. The monoisotopic (exact) mass is 231 g/mol. The van der Waals surface area contributed by atoms with E-state index < -0.39 is 0 Å². The number of nitrogens with zero attached hydrogens (tertiary/aromatic N) is 1. The number of aromatic nitrogens is 1. The molecule has 1 atom stereocenters. The first-order valence-electron chi connectivity index (χ1n) is 5.61. The molecule has 17 heavy (non-hydrogen) atoms. The van der Waals surface area contributed by atoms with Crippen molar-refractivity contribution in [3.63, 3.8) is 0 Å². The normalized spacial score (nSPS) is 12.4. The number of nitrogens with two attached hydrogens (primary N) is 1. The molecule has 2 heterocycles. The van der Waals surface area contributed by atoms with Crippen molar-refractivity contribution in [2.75, 3.05) is 11.1 Å². The van der Waals surface area contributed by atoms with Crippen LogP contribution in [0.4, 0.5) is 11.5 Å². The molecule has 90 valence electrons. The van der Waals surface area contributed by atoms with Crippen LogP contribution in [-0.4, -0.2) is 4.98 Å². The Hall–Kier alpha value is -1.97. The molecule has 1 unspecified atom stereocenters. The van der Waals surface area contributed by atoms with Gasteiger partial charge in [-0.05, 0) is 32.9 Å². The Morgan fingerprint density at radius 2 is 2.12 bits per heavy atom. The molecule has 0 saturated heterocycles. The summed E-state index contributed by atoms with van der Waals surface area (Å²) < 4.78 is 5.52. The van der Waals surface area contributed by atoms with Crippen LogP contribution in [-0.2, 0) is 0 Å². The van der Waals surface area contributed by atoms with Gasteiger partial charge >= 0.3 is 0 Å². The van der Waals surface area contributed by atoms with Crippen molar-refractivity contribution in [3.8, 4) is 0 Å². The molecular weight excluding hydrogens is 214 g/mol. The quantitative estimate of drug-likeness (QED) is 0.852. The molecule has 0 bridgehead atoms. The van der Waals surface area contributed by atoms with Gasteiger partial charge in [-0.15, -0.1) is 0 Å². The van der Waals surface area contributed by atoms with Gasteiger partial charge in [0.05, 0.1) is 6.04 Å². The third-order valence-electron chi connectivity index (χ3n) is 2.71. The van der Waals surface area contributed by atoms with E-state index in [0.717, 1.165) is 22.8 Å². The SMILES string of the molecule is Cc1cc(C(C)Nc2ccnc(N)c2)c(C)o1. The lowest BCUT2D eigenvalue weighted by molar-refractivity contribution is 0.500. The van der Waals surface area contributed by atoms with E-state index in [0.29, 0.717) is 5.82 Å². The first-order valence-corrected chi connectivity index (χ1v) is 5.61. The maximum absolute atomic E-state index is 5.64. The number of nitrogen functional groups attached to an aromatic ring is 1. The molecule has 0 spiro atoms. The van der Waals surface area contributed by atoms with Gasteiger partial charge in [0.25, 0.3) is 0 Å². The topological polar surface area (TPSA) is 64.1 Å². The summed E-state index contributed by atoms with van der Waals surface area (Å²) in [6.07, 6.45) is 1.69. The number of nitrogens with one attached hydrogen (secondary N) is 1. The van der Waals surface area contributed by atoms with Gasteiger partial charge in [-0.25, -0.2) is 4.98 Å². The first kappa shape index (κ1) is 11.5. The highest BCUT2D eigenvalue weighted by atomic mass is 16.3. The van der Waals surface area contributed by atoms with Crippen molar-refractivity contribution >= 4 is 11.5 Å². The molecule has 4 nitrogen and oxygen atoms in total. The van der Waals surface area contributed by atoms with E-state index >= 15 is 0 Å². The molecule has 3 N–H and O–H groups in total. The van der Waals surface area contributed by atoms with Crippen LogP contribution >= 0.6 is 0 Å². The molecule has 4 heteroatoms. The van der Waals surface area contributed by atoms with Crippen LogP contribution in [0.15, 0.2) is 28.8 Å². The van der Waals surface area contributed by atoms with E-state index in [4.69, 9.17) is 10.2 Å². The Kier molecular flexibility index (Phi) is 3.04. The zero-order chi connectivity index (χ0) is 12.4. The molecule has 0 aliphatic rings. The fraction of sp³-hybridized carbons (Fsp3) is 0.308. The smallest absolute Gasteiger partial charge is 0.125 e. The molecule has 0 aliphatic carbocycles. The van der Waals surface area contributed by atoms with Crippen LogP contribution in [0.25, 0.3) is 0 Å². The highest BCUT2D eigenvalue weighted by molar-refractivity contribution is 5.51. The Balaban J connectivity index is 2.16. The lowest BCUT2D eigenvalue weighted by Gasteiger charge is -2.14. The molecule has 0 saturated carbocycles. The summed E-state index contributed by atoms with van der Waals surface area (Å²) in [5.74, 6) is 2.40. The number of furan rings is 1. The first-order chi connectivity index (χ1) is 8.06. The average Bonchev–Trinajstić information content (AvgIpc) is 2.58. The predicted molar refractivity (Wildman–Crippen MR) is 68.9 cm³/mol. The Morgan fingerprint density at radius 3 is 2.71 bits per heavy atom. The second kappa shape index (κ2) is 4.49. The van der Waals surface area contributed by atoms with Gasteiger partial charge < -0.3 is 15.5 Å². The second-order valence-electron chi connectivity index (χ2n) is 4.20. The minimum Gasteiger partial charge on any atom is -0.466 e. The number of anilines is 2. The standard InChI is InChI=1S/C13H17N3O/c1-8-6-12(10(3)17-8)9(2)16-11-4-5-15-13(14)7-11/h4-7,9H,1-3H3,(H3,14,15,16). The van der Waals surface area contributed by atoms with Crippen LogP contribution in [0.2, 0.25) is 0 Å². The van der Waals surface area contributed by atoms with Crippen molar-refractivity contribution in [2.24, 2.45) is 0 Å². The van der Waals surface area contributed by atoms with Crippen LogP contribution in [0.3, 0.4) is 0 Å². The maximum Gasteiger partial charge on any atom is 0.125 e. The lowest BCUT2D eigenvalue weighted by atomic mass is 10.1. The molecule has 0 aliphatic heterocycles. The van der Waals surface area contributed by atoms with E-state index in [-0.39, 0.29) is 6.04 Å². The van der Waals surface area contributed by atoms with Crippen molar-refractivity contribution in [2.45, 2.75) is 26.8 Å². The van der Waals surface area contributed by atoms with Crippen LogP contribution in [0.1, 0.15) is 30.0 Å². The van der Waals surface area contributed by atoms with E-state index in [1.165, 1.54) is 0 Å². The molecule has 0 amide bonds. The summed E-state index contributed by atoms with van der Waals surface area (Å²) in [6.45, 7) is 6.02. The van der Waals surface area contributed by atoms with Gasteiger partial charge in [0.2, 0.25) is 0 Å². The zero-order valence-electron chi connectivity index (χ0n) is 10.3. The maximum atomic E-state index is 5.64. The Labute approximate surface area is 101 Å². The molecule has 2 aromatic rings. The van der Waals surface area contributed by atoms with Crippen molar-refractivity contribution < 1.29 is 4.42 Å². The molecule has 2 rings (SSSR count). The molecule has 0 radical (unpaired) electrons. The summed E-state index contributed by atoms with van der Waals surface area (Å²) in [6, 6.07) is 5.94. The Bertz CT molecular complexity index is 519. The van der Waals surface area contributed by atoms with E-state index in [2.05, 4.69) is 23.3 Å². The Morgan fingerprint density at radius 1 is 1.35 bits per heavy atom. The lowest BCUT2D eigenvalue weighted by Crippen LogP contribution is -2.07. The van der Waals surface area contributed by atoms with Crippen molar-refractivity contribution in [1.29, 1.82) is 0 Å². The van der Waals surface area contributed by atoms with Gasteiger partial charge in [0, 0.05) is 23.5 Å². The summed E-state index contributed by atoms with van der Waals surface area (Å²) in [4.78, 5) is 3.96. The summed E-state index contributed by atoms with van der Waals surface area (Å²) >= 11 is 0. The third kappa shape index (κ3) is 2.58. The van der Waals surface area contributed by atoms with E-state index in [9.17, 15) is 0 Å². The summed E-state index contributed by atoms with van der Waals surface area (Å²) in [7, 11) is 0. The highest BCUT2D eigenvalue weighted by Gasteiger charge is 2.12. The largest absolute Gasteiger partial charge is 0.466 e. The van der Waals surface area contributed by atoms with Crippen LogP contribution < -0.4 is 11.1 Å². The molecular formula is C13H17N3O. The van der Waals surface area contributed by atoms with Gasteiger partial charge in [0.1, 0.15) is 17.3 Å². The number of aryl methyl sites for hydroxylation is 2. The fourth-order valence-electron chi connectivity index (χ4n) is 1.95. The number of hydrogen-bond acceptors (Lipinski definition) is 4. The van der Waals surface area contributed by atoms with Gasteiger partial charge in [0.15, 0.2) is 0 Å². The number of rotatable bonds is 3. The number of hydrogen-bond donors (Lipinski definition) is 2. The van der Waals surface area contributed by atoms with Crippen molar-refractivity contribution in [3.05, 3.63) is 41.5 Å². The second-order valence-corrected chi connectivity index (χ2v) is 4.20. The average molecular weight is 231 g/mol. The van der Waals surface area contributed by atoms with Gasteiger partial charge in [-0.3, -0.25) is 0 Å². The summed E-state index contributed by atoms with van der Waals surface area (Å²) in [5.41, 5.74) is 7.76. The minimum atomic E-state index is 0.175. The number of pyridine rings is 1. The zero-order valence-corrected chi connectivity index (χ0v) is 10.3. The summed E-state index contributed by atoms with van der Waals surface area (Å²) in [5, 5.41) is 3.37. The van der Waals surface area contributed by atoms with Crippen LogP contribution in [0.5, 0.6) is 0 Å². The van der Waals surface area contributed by atoms with E-state index in [1.807, 2.05) is 26.0 Å². The third-order valence-corrected chi connectivity index (χ3v) is 2.71. The molecule has 2 aromatic heterocycles. The van der Waals surface area contributed by atoms with Crippen LogP contribution in [0, 0.1) is 13.8 Å². The van der Waals surface area contributed by atoms with Crippen molar-refractivity contribution in [1.82, 2.24) is 4.98 Å². The fourth-order valence-corrected chi connectivity index (χ4v) is 1.95. The van der Waals surface area contributed by atoms with E-state index in [1.54, 1.807) is 6.20 Å². The van der Waals surface area contributed by atoms with Gasteiger partial charge in [-0.2, -0.15) is 0 Å². The van der Waals surface area contributed by atoms with Gasteiger partial charge in [-0.1, -0.05) is 0 Å². The molecule has 0 aromatic carbocycles. The predicted octanol–water partition coefficient (Wildman–Crippen LogP) is 3.05.